The molecule has 19 heavy (non-hydrogen) atoms. The first kappa shape index (κ1) is 15.3. The molecule has 2 fully saturated rings. The van der Waals surface area contributed by atoms with Gasteiger partial charge in [-0.2, -0.15) is 0 Å². The van der Waals surface area contributed by atoms with Crippen LogP contribution in [-0.2, 0) is 6.54 Å². The molecule has 1 heterocycles. The van der Waals surface area contributed by atoms with E-state index in [1.54, 1.807) is 0 Å². The molecule has 0 amide bonds. The van der Waals surface area contributed by atoms with Crippen LogP contribution in [0.1, 0.15) is 44.1 Å². The molecule has 1 unspecified atom stereocenters. The molecule has 1 aliphatic heterocycles. The predicted molar refractivity (Wildman–Crippen MR) is 76.2 cm³/mol. The molecule has 1 aliphatic carbocycles. The Hall–Kier alpha value is -0.0900. The summed E-state index contributed by atoms with van der Waals surface area (Å²) in [5.74, 6) is 0. The van der Waals surface area contributed by atoms with Crippen molar-refractivity contribution in [1.29, 1.82) is 0 Å². The van der Waals surface area contributed by atoms with E-state index in [4.69, 9.17) is 0 Å². The van der Waals surface area contributed by atoms with E-state index in [0.29, 0.717) is 5.41 Å². The van der Waals surface area contributed by atoms with Gasteiger partial charge in [0.1, 0.15) is 6.54 Å². The fraction of sp³-hybridized carbons (Fsp3) is 0.647. The van der Waals surface area contributed by atoms with Crippen LogP contribution >= 0.6 is 0 Å². The topological polar surface area (TPSA) is 0 Å². The summed E-state index contributed by atoms with van der Waals surface area (Å²) in [6.07, 6.45) is 8.89. The molecule has 3 rings (SSSR count). The molecule has 1 atom stereocenters. The van der Waals surface area contributed by atoms with Crippen molar-refractivity contribution in [2.75, 3.05) is 20.1 Å². The van der Waals surface area contributed by atoms with Crippen LogP contribution in [-0.4, -0.2) is 24.6 Å². The number of nitrogens with zero attached hydrogens (tertiary/aromatic N) is 1. The molecule has 0 bridgehead atoms. The van der Waals surface area contributed by atoms with Gasteiger partial charge in [0, 0.05) is 17.4 Å². The summed E-state index contributed by atoms with van der Waals surface area (Å²) >= 11 is 0. The summed E-state index contributed by atoms with van der Waals surface area (Å²) in [6, 6.07) is 11.0. The standard InChI is InChI=1S/C17H26N.HI/c1-18(14-16-8-4-2-5-9-16)13-12-17(15-18)10-6-3-7-11-17;/h2,4-5,8-9H,3,6-7,10-15H2,1H3;1H/q+1;/p-1. The number of hydrogen-bond donors (Lipinski definition) is 0. The van der Waals surface area contributed by atoms with E-state index in [1.807, 2.05) is 0 Å². The van der Waals surface area contributed by atoms with Crippen molar-refractivity contribution in [2.24, 2.45) is 5.41 Å². The molecule has 2 aliphatic rings. The molecule has 1 aromatic carbocycles. The highest BCUT2D eigenvalue weighted by Crippen LogP contribution is 2.46. The third-order valence-electron chi connectivity index (χ3n) is 5.22. The molecule has 0 aromatic heterocycles. The summed E-state index contributed by atoms with van der Waals surface area (Å²) in [5.41, 5.74) is 2.22. The molecule has 1 spiro atoms. The summed E-state index contributed by atoms with van der Waals surface area (Å²) in [7, 11) is 2.47. The molecule has 0 N–H and O–H groups in total. The first-order valence-corrected chi connectivity index (χ1v) is 7.57. The zero-order chi connectivity index (χ0) is 12.5. The van der Waals surface area contributed by atoms with E-state index in [-0.39, 0.29) is 24.0 Å². The van der Waals surface area contributed by atoms with Crippen molar-refractivity contribution in [2.45, 2.75) is 45.1 Å². The van der Waals surface area contributed by atoms with Gasteiger partial charge in [-0.05, 0) is 12.8 Å². The number of hydrogen-bond acceptors (Lipinski definition) is 0. The third kappa shape index (κ3) is 3.52. The van der Waals surface area contributed by atoms with Crippen molar-refractivity contribution in [1.82, 2.24) is 0 Å². The highest BCUT2D eigenvalue weighted by Gasteiger charge is 2.46. The Labute approximate surface area is 135 Å². The molecule has 1 nitrogen and oxygen atoms in total. The lowest BCUT2D eigenvalue weighted by atomic mass is 9.73. The van der Waals surface area contributed by atoms with Gasteiger partial charge >= 0.3 is 0 Å². The van der Waals surface area contributed by atoms with Crippen LogP contribution in [0.15, 0.2) is 30.3 Å². The highest BCUT2D eigenvalue weighted by atomic mass is 127. The van der Waals surface area contributed by atoms with Gasteiger partial charge in [0.2, 0.25) is 0 Å². The SMILES string of the molecule is C[N+]1(Cc2ccccc2)CCC2(CCCCC2)C1.[I-]. The van der Waals surface area contributed by atoms with Crippen molar-refractivity contribution in [3.05, 3.63) is 35.9 Å². The minimum atomic E-state index is 0. The zero-order valence-corrected chi connectivity index (χ0v) is 14.2. The van der Waals surface area contributed by atoms with Gasteiger partial charge in [0.05, 0.1) is 20.1 Å². The van der Waals surface area contributed by atoms with Crippen LogP contribution in [0.2, 0.25) is 0 Å². The molecule has 106 valence electrons. The van der Waals surface area contributed by atoms with Gasteiger partial charge in [-0.1, -0.05) is 49.6 Å². The number of quaternary nitrogens is 1. The fourth-order valence-corrected chi connectivity index (χ4v) is 4.34. The molecule has 1 saturated carbocycles. The maximum Gasteiger partial charge on any atom is 0.104 e. The number of benzene rings is 1. The summed E-state index contributed by atoms with van der Waals surface area (Å²) in [6.45, 7) is 4.03. The molecular formula is C17H26IN. The van der Waals surface area contributed by atoms with E-state index < -0.39 is 0 Å². The van der Waals surface area contributed by atoms with Gasteiger partial charge in [-0.15, -0.1) is 0 Å². The van der Waals surface area contributed by atoms with E-state index in [0.717, 1.165) is 0 Å². The van der Waals surface area contributed by atoms with Gasteiger partial charge in [-0.3, -0.25) is 0 Å². The average Bonchev–Trinajstić information content (AvgIpc) is 2.68. The first-order chi connectivity index (χ1) is 8.70. The number of rotatable bonds is 2. The Morgan fingerprint density at radius 1 is 1.00 bits per heavy atom. The highest BCUT2D eigenvalue weighted by molar-refractivity contribution is 5.13. The van der Waals surface area contributed by atoms with Crippen LogP contribution in [0, 0.1) is 5.41 Å². The largest absolute Gasteiger partial charge is 1.00 e. The monoisotopic (exact) mass is 371 g/mol. The minimum Gasteiger partial charge on any atom is -1.00 e. The molecular weight excluding hydrogens is 345 g/mol. The maximum atomic E-state index is 2.47. The minimum absolute atomic E-state index is 0. The smallest absolute Gasteiger partial charge is 0.104 e. The van der Waals surface area contributed by atoms with E-state index in [9.17, 15) is 0 Å². The Bertz CT molecular complexity index is 397. The zero-order valence-electron chi connectivity index (χ0n) is 12.1. The van der Waals surface area contributed by atoms with Gasteiger partial charge in [0.15, 0.2) is 0 Å². The van der Waals surface area contributed by atoms with Gasteiger partial charge in [-0.25, -0.2) is 0 Å². The average molecular weight is 371 g/mol. The van der Waals surface area contributed by atoms with Crippen molar-refractivity contribution in [3.63, 3.8) is 0 Å². The predicted octanol–water partition coefficient (Wildman–Crippen LogP) is 0.991. The Kier molecular flexibility index (Phi) is 4.93. The van der Waals surface area contributed by atoms with Crippen molar-refractivity contribution >= 4 is 0 Å². The van der Waals surface area contributed by atoms with Crippen LogP contribution in [0.3, 0.4) is 0 Å². The Morgan fingerprint density at radius 3 is 2.37 bits per heavy atom. The maximum absolute atomic E-state index is 2.47. The lowest BCUT2D eigenvalue weighted by molar-refractivity contribution is -0.914. The quantitative estimate of drug-likeness (QED) is 0.538. The van der Waals surface area contributed by atoms with Gasteiger partial charge < -0.3 is 28.5 Å². The second-order valence-electron chi connectivity index (χ2n) is 6.96. The summed E-state index contributed by atoms with van der Waals surface area (Å²) < 4.78 is 1.27. The molecule has 1 aromatic rings. The van der Waals surface area contributed by atoms with E-state index in [1.165, 1.54) is 68.2 Å². The Morgan fingerprint density at radius 2 is 1.68 bits per heavy atom. The third-order valence-corrected chi connectivity index (χ3v) is 5.22. The summed E-state index contributed by atoms with van der Waals surface area (Å²) in [4.78, 5) is 0. The van der Waals surface area contributed by atoms with E-state index in [2.05, 4.69) is 37.4 Å². The van der Waals surface area contributed by atoms with E-state index >= 15 is 0 Å². The Balaban J connectivity index is 0.00000133. The van der Waals surface area contributed by atoms with Crippen molar-refractivity contribution in [3.8, 4) is 0 Å². The molecule has 1 saturated heterocycles. The van der Waals surface area contributed by atoms with Crippen LogP contribution < -0.4 is 24.0 Å². The molecule has 2 heteroatoms. The van der Waals surface area contributed by atoms with Crippen LogP contribution in [0.4, 0.5) is 0 Å². The first-order valence-electron chi connectivity index (χ1n) is 7.57. The second-order valence-corrected chi connectivity index (χ2v) is 6.96. The molecule has 0 radical (unpaired) electrons. The summed E-state index contributed by atoms with van der Waals surface area (Å²) in [5, 5.41) is 0. The van der Waals surface area contributed by atoms with Crippen molar-refractivity contribution < 1.29 is 28.5 Å². The number of halogens is 1. The number of likely N-dealkylation sites (tertiary alicyclic amines) is 1. The second kappa shape index (κ2) is 6.13. The fourth-order valence-electron chi connectivity index (χ4n) is 4.34. The van der Waals surface area contributed by atoms with Crippen LogP contribution in [0.25, 0.3) is 0 Å². The normalized spacial score (nSPS) is 29.1. The lowest BCUT2D eigenvalue weighted by Crippen LogP contribution is -3.00. The van der Waals surface area contributed by atoms with Crippen LogP contribution in [0.5, 0.6) is 0 Å². The lowest BCUT2D eigenvalue weighted by Gasteiger charge is -2.35. The van der Waals surface area contributed by atoms with Gasteiger partial charge in [0.25, 0.3) is 0 Å².